The molecule has 0 aliphatic carbocycles. The predicted octanol–water partition coefficient (Wildman–Crippen LogP) is -0.593. The smallest absolute Gasteiger partial charge is 0.305 e. The van der Waals surface area contributed by atoms with Gasteiger partial charge in [-0.2, -0.15) is 0 Å². The Hall–Kier alpha value is -0.610. The molecule has 0 saturated carbocycles. The lowest BCUT2D eigenvalue weighted by Gasteiger charge is -2.01. The van der Waals surface area contributed by atoms with E-state index in [0.717, 1.165) is 0 Å². The summed E-state index contributed by atoms with van der Waals surface area (Å²) in [5, 5.41) is 11.2. The number of hydrogen-bond acceptors (Lipinski definition) is 3. The topological polar surface area (TPSA) is 58.6 Å². The minimum Gasteiger partial charge on any atom is -0.481 e. The van der Waals surface area contributed by atoms with Crippen LogP contribution in [0, 0.1) is 0 Å². The van der Waals surface area contributed by atoms with Crippen LogP contribution in [0.1, 0.15) is 6.42 Å². The minimum atomic E-state index is -0.780. The Morgan fingerprint density at radius 1 is 1.89 bits per heavy atom. The van der Waals surface area contributed by atoms with Crippen LogP contribution in [-0.2, 0) is 9.53 Å². The molecule has 1 unspecified atom stereocenters. The van der Waals surface area contributed by atoms with Crippen molar-refractivity contribution in [2.45, 2.75) is 12.5 Å². The SMILES string of the molecule is O=C(O)CC1COCN1. The largest absolute Gasteiger partial charge is 0.481 e. The molecule has 1 aliphatic heterocycles. The molecule has 1 saturated heterocycles. The molecule has 1 heterocycles. The van der Waals surface area contributed by atoms with Gasteiger partial charge >= 0.3 is 5.97 Å². The highest BCUT2D eigenvalue weighted by Gasteiger charge is 2.16. The number of carbonyl (C=O) groups is 1. The second kappa shape index (κ2) is 2.80. The first-order valence-corrected chi connectivity index (χ1v) is 2.82. The normalized spacial score (nSPS) is 26.4. The molecule has 0 amide bonds. The number of carboxylic acid groups (broad SMARTS) is 1. The van der Waals surface area contributed by atoms with Crippen molar-refractivity contribution < 1.29 is 14.6 Å². The van der Waals surface area contributed by atoms with Crippen molar-refractivity contribution >= 4 is 5.97 Å². The number of ether oxygens (including phenoxy) is 1. The van der Waals surface area contributed by atoms with Crippen molar-refractivity contribution in [1.82, 2.24) is 5.32 Å². The molecule has 0 radical (unpaired) electrons. The molecular weight excluding hydrogens is 122 g/mol. The lowest BCUT2D eigenvalue weighted by atomic mass is 10.2. The van der Waals surface area contributed by atoms with Crippen LogP contribution in [-0.4, -0.2) is 30.5 Å². The van der Waals surface area contributed by atoms with E-state index in [9.17, 15) is 4.79 Å². The van der Waals surface area contributed by atoms with Crippen LogP contribution >= 0.6 is 0 Å². The highest BCUT2D eigenvalue weighted by atomic mass is 16.5. The van der Waals surface area contributed by atoms with Gasteiger partial charge in [-0.1, -0.05) is 0 Å². The first-order valence-electron chi connectivity index (χ1n) is 2.82. The maximum Gasteiger partial charge on any atom is 0.305 e. The summed E-state index contributed by atoms with van der Waals surface area (Å²) in [7, 11) is 0. The van der Waals surface area contributed by atoms with Gasteiger partial charge in [-0.3, -0.25) is 10.1 Å². The Kier molecular flexibility index (Phi) is 2.02. The van der Waals surface area contributed by atoms with E-state index in [0.29, 0.717) is 13.3 Å². The number of nitrogens with one attached hydrogen (secondary N) is 1. The number of aliphatic carboxylic acids is 1. The summed E-state index contributed by atoms with van der Waals surface area (Å²) in [6.07, 6.45) is 0.153. The fourth-order valence-electron chi connectivity index (χ4n) is 0.779. The molecule has 0 aromatic carbocycles. The average Bonchev–Trinajstić information content (AvgIpc) is 2.15. The third-order valence-corrected chi connectivity index (χ3v) is 1.21. The average molecular weight is 131 g/mol. The molecule has 4 nitrogen and oxygen atoms in total. The Balaban J connectivity index is 2.19. The lowest BCUT2D eigenvalue weighted by Crippen LogP contribution is -2.26. The molecule has 0 spiro atoms. The van der Waals surface area contributed by atoms with Crippen LogP contribution in [0.2, 0.25) is 0 Å². The van der Waals surface area contributed by atoms with Crippen molar-refractivity contribution in [2.24, 2.45) is 0 Å². The monoisotopic (exact) mass is 131 g/mol. The molecule has 4 heteroatoms. The summed E-state index contributed by atoms with van der Waals surface area (Å²) in [6, 6.07) is 0.0162. The summed E-state index contributed by atoms with van der Waals surface area (Å²) in [5.74, 6) is -0.780. The van der Waals surface area contributed by atoms with E-state index in [1.54, 1.807) is 0 Å². The Labute approximate surface area is 52.8 Å². The number of rotatable bonds is 2. The van der Waals surface area contributed by atoms with Gasteiger partial charge in [0.2, 0.25) is 0 Å². The Morgan fingerprint density at radius 3 is 3.11 bits per heavy atom. The Morgan fingerprint density at radius 2 is 2.67 bits per heavy atom. The van der Waals surface area contributed by atoms with Gasteiger partial charge < -0.3 is 9.84 Å². The first-order chi connectivity index (χ1) is 4.29. The van der Waals surface area contributed by atoms with E-state index in [2.05, 4.69) is 5.32 Å². The fraction of sp³-hybridized carbons (Fsp3) is 0.800. The van der Waals surface area contributed by atoms with Gasteiger partial charge in [-0.15, -0.1) is 0 Å². The standard InChI is InChI=1S/C5H9NO3/c7-5(8)1-4-2-9-3-6-4/h4,6H,1-3H2,(H,7,8). The highest BCUT2D eigenvalue weighted by Crippen LogP contribution is 1.98. The van der Waals surface area contributed by atoms with Gasteiger partial charge in [0.25, 0.3) is 0 Å². The highest BCUT2D eigenvalue weighted by molar-refractivity contribution is 5.67. The van der Waals surface area contributed by atoms with E-state index in [4.69, 9.17) is 9.84 Å². The van der Waals surface area contributed by atoms with Crippen molar-refractivity contribution in [1.29, 1.82) is 0 Å². The zero-order valence-corrected chi connectivity index (χ0v) is 4.96. The van der Waals surface area contributed by atoms with Gasteiger partial charge in [-0.25, -0.2) is 0 Å². The van der Waals surface area contributed by atoms with Crippen molar-refractivity contribution in [3.8, 4) is 0 Å². The molecule has 1 aliphatic rings. The summed E-state index contributed by atoms with van der Waals surface area (Å²) in [4.78, 5) is 10.1. The summed E-state index contributed by atoms with van der Waals surface area (Å²) < 4.78 is 4.88. The van der Waals surface area contributed by atoms with E-state index in [-0.39, 0.29) is 12.5 Å². The molecule has 1 atom stereocenters. The lowest BCUT2D eigenvalue weighted by molar-refractivity contribution is -0.137. The van der Waals surface area contributed by atoms with Gasteiger partial charge in [0, 0.05) is 6.04 Å². The van der Waals surface area contributed by atoms with Crippen LogP contribution in [0.5, 0.6) is 0 Å². The van der Waals surface area contributed by atoms with Crippen molar-refractivity contribution in [3.63, 3.8) is 0 Å². The van der Waals surface area contributed by atoms with E-state index in [1.165, 1.54) is 0 Å². The van der Waals surface area contributed by atoms with E-state index in [1.807, 2.05) is 0 Å². The molecule has 0 aromatic heterocycles. The Bertz CT molecular complexity index is 109. The molecule has 9 heavy (non-hydrogen) atoms. The summed E-state index contributed by atoms with van der Waals surface area (Å²) >= 11 is 0. The van der Waals surface area contributed by atoms with Gasteiger partial charge in [0.05, 0.1) is 19.8 Å². The maximum absolute atomic E-state index is 10.1. The third kappa shape index (κ3) is 1.99. The van der Waals surface area contributed by atoms with Crippen LogP contribution in [0.4, 0.5) is 0 Å². The second-order valence-corrected chi connectivity index (χ2v) is 2.01. The van der Waals surface area contributed by atoms with Crippen LogP contribution in [0.25, 0.3) is 0 Å². The number of carboxylic acids is 1. The quantitative estimate of drug-likeness (QED) is 0.525. The van der Waals surface area contributed by atoms with E-state index < -0.39 is 5.97 Å². The molecular formula is C5H9NO3. The van der Waals surface area contributed by atoms with E-state index >= 15 is 0 Å². The molecule has 52 valence electrons. The van der Waals surface area contributed by atoms with Crippen LogP contribution in [0.15, 0.2) is 0 Å². The van der Waals surface area contributed by atoms with Crippen LogP contribution in [0.3, 0.4) is 0 Å². The molecule has 1 rings (SSSR count). The van der Waals surface area contributed by atoms with Gasteiger partial charge in [-0.05, 0) is 0 Å². The molecule has 2 N–H and O–H groups in total. The predicted molar refractivity (Wildman–Crippen MR) is 30.0 cm³/mol. The molecule has 1 fully saturated rings. The first kappa shape index (κ1) is 6.51. The third-order valence-electron chi connectivity index (χ3n) is 1.21. The van der Waals surface area contributed by atoms with Gasteiger partial charge in [0.15, 0.2) is 0 Å². The minimum absolute atomic E-state index is 0.0162. The fourth-order valence-corrected chi connectivity index (χ4v) is 0.779. The number of hydrogen-bond donors (Lipinski definition) is 2. The summed E-state index contributed by atoms with van der Waals surface area (Å²) in [6.45, 7) is 1.00. The molecule has 0 bridgehead atoms. The van der Waals surface area contributed by atoms with Gasteiger partial charge in [0.1, 0.15) is 0 Å². The van der Waals surface area contributed by atoms with Crippen molar-refractivity contribution in [3.05, 3.63) is 0 Å². The molecule has 0 aromatic rings. The zero-order valence-electron chi connectivity index (χ0n) is 4.96. The van der Waals surface area contributed by atoms with Crippen molar-refractivity contribution in [2.75, 3.05) is 13.3 Å². The van der Waals surface area contributed by atoms with Crippen LogP contribution < -0.4 is 5.32 Å². The maximum atomic E-state index is 10.1. The zero-order chi connectivity index (χ0) is 6.69. The second-order valence-electron chi connectivity index (χ2n) is 2.01. The summed E-state index contributed by atoms with van der Waals surface area (Å²) in [5.41, 5.74) is 0.